The third kappa shape index (κ3) is 4.47. The first-order chi connectivity index (χ1) is 7.24. The Morgan fingerprint density at radius 1 is 1.53 bits per heavy atom. The topological polar surface area (TPSA) is 38.3 Å². The minimum Gasteiger partial charge on any atom is -0.273 e. The lowest BCUT2D eigenvalue weighted by Crippen LogP contribution is -2.33. The Morgan fingerprint density at radius 3 is 2.73 bits per heavy atom. The first kappa shape index (κ1) is 12.2. The number of amides is 1. The molecule has 0 aliphatic heterocycles. The molecule has 0 heterocycles. The van der Waals surface area contributed by atoms with Crippen molar-refractivity contribution in [3.05, 3.63) is 12.7 Å². The Kier molecular flexibility index (Phi) is 5.40. The Balaban J connectivity index is 2.39. The van der Waals surface area contributed by atoms with Crippen molar-refractivity contribution in [2.45, 2.75) is 51.6 Å². The van der Waals surface area contributed by atoms with Gasteiger partial charge in [0.25, 0.3) is 0 Å². The number of hydrogen-bond acceptors (Lipinski definition) is 2. The fourth-order valence-electron chi connectivity index (χ4n) is 2.17. The van der Waals surface area contributed by atoms with Crippen LogP contribution in [0.5, 0.6) is 0 Å². The van der Waals surface area contributed by atoms with E-state index in [1.54, 1.807) is 0 Å². The first-order valence-corrected chi connectivity index (χ1v) is 5.77. The summed E-state index contributed by atoms with van der Waals surface area (Å²) in [6.45, 7) is 5.19. The third-order valence-corrected chi connectivity index (χ3v) is 2.93. The SMILES string of the molecule is C=CCC(ONC(C)=O)C1CCCCC1. The average molecular weight is 211 g/mol. The van der Waals surface area contributed by atoms with Gasteiger partial charge in [0, 0.05) is 6.92 Å². The van der Waals surface area contributed by atoms with E-state index < -0.39 is 0 Å². The lowest BCUT2D eigenvalue weighted by Gasteiger charge is -2.28. The molecule has 1 aliphatic rings. The van der Waals surface area contributed by atoms with Crippen molar-refractivity contribution in [2.24, 2.45) is 5.92 Å². The zero-order valence-electron chi connectivity index (χ0n) is 9.50. The maximum absolute atomic E-state index is 10.8. The largest absolute Gasteiger partial charge is 0.273 e. The molecule has 3 nitrogen and oxygen atoms in total. The van der Waals surface area contributed by atoms with E-state index in [4.69, 9.17) is 4.84 Å². The third-order valence-electron chi connectivity index (χ3n) is 2.93. The maximum Gasteiger partial charge on any atom is 0.240 e. The van der Waals surface area contributed by atoms with E-state index in [1.807, 2.05) is 6.08 Å². The molecule has 1 rings (SSSR count). The second-order valence-corrected chi connectivity index (χ2v) is 4.24. The molecule has 0 aromatic carbocycles. The molecule has 0 spiro atoms. The Bertz CT molecular complexity index is 210. The summed E-state index contributed by atoms with van der Waals surface area (Å²) in [6, 6.07) is 0. The van der Waals surface area contributed by atoms with Gasteiger partial charge in [-0.25, -0.2) is 5.48 Å². The van der Waals surface area contributed by atoms with Gasteiger partial charge in [-0.1, -0.05) is 25.3 Å². The Hall–Kier alpha value is -0.830. The summed E-state index contributed by atoms with van der Waals surface area (Å²) >= 11 is 0. The zero-order chi connectivity index (χ0) is 11.1. The van der Waals surface area contributed by atoms with Gasteiger partial charge in [-0.2, -0.15) is 0 Å². The molecule has 1 atom stereocenters. The molecule has 1 amide bonds. The Labute approximate surface area is 91.8 Å². The van der Waals surface area contributed by atoms with Crippen LogP contribution in [-0.2, 0) is 9.63 Å². The quantitative estimate of drug-likeness (QED) is 0.560. The summed E-state index contributed by atoms with van der Waals surface area (Å²) in [5.74, 6) is 0.434. The van der Waals surface area contributed by atoms with Crippen LogP contribution in [0, 0.1) is 5.92 Å². The van der Waals surface area contributed by atoms with Crippen LogP contribution in [0.4, 0.5) is 0 Å². The van der Waals surface area contributed by atoms with Crippen LogP contribution in [0.25, 0.3) is 0 Å². The van der Waals surface area contributed by atoms with Crippen LogP contribution < -0.4 is 5.48 Å². The summed E-state index contributed by atoms with van der Waals surface area (Å²) < 4.78 is 0. The van der Waals surface area contributed by atoms with Gasteiger partial charge in [0.15, 0.2) is 0 Å². The molecule has 0 bridgehead atoms. The second-order valence-electron chi connectivity index (χ2n) is 4.24. The van der Waals surface area contributed by atoms with Crippen molar-refractivity contribution < 1.29 is 9.63 Å². The zero-order valence-corrected chi connectivity index (χ0v) is 9.50. The van der Waals surface area contributed by atoms with Gasteiger partial charge in [-0.05, 0) is 25.2 Å². The molecule has 0 radical (unpaired) electrons. The predicted molar refractivity (Wildman–Crippen MR) is 60.1 cm³/mol. The van der Waals surface area contributed by atoms with E-state index in [0.717, 1.165) is 6.42 Å². The van der Waals surface area contributed by atoms with Gasteiger partial charge in [0.1, 0.15) is 0 Å². The van der Waals surface area contributed by atoms with E-state index in [1.165, 1.54) is 39.0 Å². The first-order valence-electron chi connectivity index (χ1n) is 5.77. The van der Waals surface area contributed by atoms with E-state index in [-0.39, 0.29) is 12.0 Å². The average Bonchev–Trinajstić information content (AvgIpc) is 2.25. The van der Waals surface area contributed by atoms with Crippen LogP contribution >= 0.6 is 0 Å². The summed E-state index contributed by atoms with van der Waals surface area (Å²) in [4.78, 5) is 16.2. The Morgan fingerprint density at radius 2 is 2.20 bits per heavy atom. The molecule has 86 valence electrons. The van der Waals surface area contributed by atoms with Gasteiger partial charge in [-0.15, -0.1) is 6.58 Å². The monoisotopic (exact) mass is 211 g/mol. The molecular formula is C12H21NO2. The van der Waals surface area contributed by atoms with Crippen LogP contribution in [0.2, 0.25) is 0 Å². The van der Waals surface area contributed by atoms with E-state index >= 15 is 0 Å². The van der Waals surface area contributed by atoms with Crippen molar-refractivity contribution in [3.63, 3.8) is 0 Å². The second kappa shape index (κ2) is 6.62. The highest BCUT2D eigenvalue weighted by Crippen LogP contribution is 2.29. The van der Waals surface area contributed by atoms with Crippen LogP contribution in [0.15, 0.2) is 12.7 Å². The molecule has 1 fully saturated rings. The number of carbonyl (C=O) groups excluding carboxylic acids is 1. The summed E-state index contributed by atoms with van der Waals surface area (Å²) in [7, 11) is 0. The number of hydroxylamine groups is 1. The van der Waals surface area contributed by atoms with Crippen LogP contribution in [-0.4, -0.2) is 12.0 Å². The molecular weight excluding hydrogens is 190 g/mol. The van der Waals surface area contributed by atoms with Gasteiger partial charge < -0.3 is 0 Å². The van der Waals surface area contributed by atoms with Crippen LogP contribution in [0.1, 0.15) is 45.4 Å². The molecule has 0 aromatic rings. The van der Waals surface area contributed by atoms with Crippen LogP contribution in [0.3, 0.4) is 0 Å². The molecule has 3 heteroatoms. The molecule has 1 N–H and O–H groups in total. The minimum absolute atomic E-state index is 0.103. The van der Waals surface area contributed by atoms with Crippen molar-refractivity contribution in [1.29, 1.82) is 0 Å². The summed E-state index contributed by atoms with van der Waals surface area (Å²) in [6.07, 6.45) is 9.08. The van der Waals surface area contributed by atoms with Crippen molar-refractivity contribution in [3.8, 4) is 0 Å². The smallest absolute Gasteiger partial charge is 0.240 e. The minimum atomic E-state index is -0.139. The molecule has 15 heavy (non-hydrogen) atoms. The number of carbonyl (C=O) groups is 1. The summed E-state index contributed by atoms with van der Waals surface area (Å²) in [5, 5.41) is 0. The fraction of sp³-hybridized carbons (Fsp3) is 0.750. The standard InChI is InChI=1S/C12H21NO2/c1-3-7-12(15-13-10(2)14)11-8-5-4-6-9-11/h3,11-12H,1,4-9H2,2H3,(H,13,14). The highest BCUT2D eigenvalue weighted by atomic mass is 16.7. The lowest BCUT2D eigenvalue weighted by atomic mass is 9.84. The molecule has 0 aromatic heterocycles. The van der Waals surface area contributed by atoms with E-state index in [9.17, 15) is 4.79 Å². The number of rotatable bonds is 5. The van der Waals surface area contributed by atoms with E-state index in [0.29, 0.717) is 5.92 Å². The highest BCUT2D eigenvalue weighted by molar-refractivity contribution is 5.71. The molecule has 1 saturated carbocycles. The molecule has 0 saturated heterocycles. The number of nitrogens with one attached hydrogen (secondary N) is 1. The number of hydrogen-bond donors (Lipinski definition) is 1. The molecule has 1 aliphatic carbocycles. The fourth-order valence-corrected chi connectivity index (χ4v) is 2.17. The van der Waals surface area contributed by atoms with Crippen molar-refractivity contribution in [2.75, 3.05) is 0 Å². The highest BCUT2D eigenvalue weighted by Gasteiger charge is 2.23. The lowest BCUT2D eigenvalue weighted by molar-refractivity contribution is -0.139. The normalized spacial score (nSPS) is 19.5. The molecule has 1 unspecified atom stereocenters. The maximum atomic E-state index is 10.8. The van der Waals surface area contributed by atoms with Crippen molar-refractivity contribution in [1.82, 2.24) is 5.48 Å². The van der Waals surface area contributed by atoms with Gasteiger partial charge in [0.05, 0.1) is 6.10 Å². The van der Waals surface area contributed by atoms with E-state index in [2.05, 4.69) is 12.1 Å². The van der Waals surface area contributed by atoms with Gasteiger partial charge >= 0.3 is 0 Å². The summed E-state index contributed by atoms with van der Waals surface area (Å²) in [5.41, 5.74) is 2.44. The van der Waals surface area contributed by atoms with Crippen molar-refractivity contribution >= 4 is 5.91 Å². The van der Waals surface area contributed by atoms with Gasteiger partial charge in [-0.3, -0.25) is 9.63 Å². The van der Waals surface area contributed by atoms with Gasteiger partial charge in [0.2, 0.25) is 5.91 Å². The predicted octanol–water partition coefficient (Wildman–Crippen LogP) is 2.58.